The van der Waals surface area contributed by atoms with Gasteiger partial charge >= 0.3 is 0 Å². The lowest BCUT2D eigenvalue weighted by atomic mass is 9.93. The lowest BCUT2D eigenvalue weighted by molar-refractivity contribution is -0.199. The summed E-state index contributed by atoms with van der Waals surface area (Å²) in [7, 11) is 1.48. The summed E-state index contributed by atoms with van der Waals surface area (Å²) in [6.45, 7) is 4.93. The number of methoxy groups -OCH3 is 1. The van der Waals surface area contributed by atoms with E-state index >= 15 is 0 Å². The standard InChI is InChI=1S/C16H33NO6S/c1-4-24-7-5-6-22-10-12(19)8-17-14-11(2)23-13(9-18)16(21-3)15(14)20/h11-20H,4-10H2,1-3H3. The molecule has 0 aliphatic carbocycles. The number of nitrogens with one attached hydrogen (secondary N) is 1. The van der Waals surface area contributed by atoms with Crippen molar-refractivity contribution in [1.29, 1.82) is 0 Å². The van der Waals surface area contributed by atoms with E-state index in [0.717, 1.165) is 17.9 Å². The summed E-state index contributed by atoms with van der Waals surface area (Å²) in [5.41, 5.74) is 0. The van der Waals surface area contributed by atoms with E-state index in [9.17, 15) is 15.3 Å². The minimum atomic E-state index is -0.824. The number of hydrogen-bond acceptors (Lipinski definition) is 8. The van der Waals surface area contributed by atoms with Gasteiger partial charge in [0.2, 0.25) is 0 Å². The molecule has 6 atom stereocenters. The van der Waals surface area contributed by atoms with Crippen molar-refractivity contribution in [2.45, 2.75) is 56.8 Å². The predicted molar refractivity (Wildman–Crippen MR) is 94.5 cm³/mol. The van der Waals surface area contributed by atoms with Crippen LogP contribution in [0.15, 0.2) is 0 Å². The molecule has 0 spiro atoms. The highest BCUT2D eigenvalue weighted by Gasteiger charge is 2.43. The molecule has 7 nitrogen and oxygen atoms in total. The molecule has 144 valence electrons. The second kappa shape index (κ2) is 12.4. The van der Waals surface area contributed by atoms with Crippen LogP contribution in [0.3, 0.4) is 0 Å². The summed E-state index contributed by atoms with van der Waals surface area (Å²) < 4.78 is 16.4. The Morgan fingerprint density at radius 1 is 1.38 bits per heavy atom. The minimum absolute atomic E-state index is 0.209. The molecule has 0 aromatic rings. The monoisotopic (exact) mass is 367 g/mol. The fourth-order valence-corrected chi connectivity index (χ4v) is 3.43. The van der Waals surface area contributed by atoms with Crippen LogP contribution < -0.4 is 5.32 Å². The van der Waals surface area contributed by atoms with Gasteiger partial charge in [0.15, 0.2) is 0 Å². The van der Waals surface area contributed by atoms with Crippen LogP contribution in [0, 0.1) is 0 Å². The van der Waals surface area contributed by atoms with Crippen LogP contribution in [-0.2, 0) is 14.2 Å². The van der Waals surface area contributed by atoms with Gasteiger partial charge in [-0.3, -0.25) is 0 Å². The van der Waals surface area contributed by atoms with E-state index < -0.39 is 24.4 Å². The average molecular weight is 368 g/mol. The summed E-state index contributed by atoms with van der Waals surface area (Å²) in [6.07, 6.45) is -1.96. The molecule has 24 heavy (non-hydrogen) atoms. The van der Waals surface area contributed by atoms with Crippen molar-refractivity contribution in [2.24, 2.45) is 0 Å². The van der Waals surface area contributed by atoms with Gasteiger partial charge in [0.1, 0.15) is 18.3 Å². The molecule has 0 bridgehead atoms. The zero-order valence-corrected chi connectivity index (χ0v) is 15.7. The third-order valence-corrected chi connectivity index (χ3v) is 5.08. The van der Waals surface area contributed by atoms with E-state index in [1.54, 1.807) is 0 Å². The number of aliphatic hydroxyl groups excluding tert-OH is 3. The topological polar surface area (TPSA) is 100 Å². The Balaban J connectivity index is 2.29. The zero-order chi connectivity index (χ0) is 17.9. The Hall–Kier alpha value is 0.0700. The van der Waals surface area contributed by atoms with Gasteiger partial charge in [0, 0.05) is 20.3 Å². The van der Waals surface area contributed by atoms with E-state index in [1.165, 1.54) is 7.11 Å². The maximum absolute atomic E-state index is 10.4. The summed E-state index contributed by atoms with van der Waals surface area (Å²) in [5, 5.41) is 32.8. The van der Waals surface area contributed by atoms with Crippen molar-refractivity contribution < 1.29 is 29.5 Å². The normalized spacial score (nSPS) is 32.0. The number of hydrogen-bond donors (Lipinski definition) is 4. The molecule has 0 saturated carbocycles. The first kappa shape index (κ1) is 22.1. The summed E-state index contributed by atoms with van der Waals surface area (Å²) in [5.74, 6) is 2.18. The highest BCUT2D eigenvalue weighted by atomic mass is 32.2. The van der Waals surface area contributed by atoms with Crippen molar-refractivity contribution in [3.63, 3.8) is 0 Å². The van der Waals surface area contributed by atoms with E-state index in [4.69, 9.17) is 14.2 Å². The molecule has 1 fully saturated rings. The van der Waals surface area contributed by atoms with Crippen molar-refractivity contribution in [3.05, 3.63) is 0 Å². The Bertz CT molecular complexity index is 325. The molecule has 0 amide bonds. The number of aliphatic hydroxyl groups is 3. The maximum Gasteiger partial charge on any atom is 0.113 e. The van der Waals surface area contributed by atoms with E-state index in [-0.39, 0.29) is 25.4 Å². The minimum Gasteiger partial charge on any atom is -0.394 e. The summed E-state index contributed by atoms with van der Waals surface area (Å²) in [4.78, 5) is 0. The Morgan fingerprint density at radius 2 is 2.12 bits per heavy atom. The zero-order valence-electron chi connectivity index (χ0n) is 14.9. The first-order valence-electron chi connectivity index (χ1n) is 8.59. The Kier molecular flexibility index (Phi) is 11.4. The van der Waals surface area contributed by atoms with Crippen molar-refractivity contribution in [2.75, 3.05) is 45.0 Å². The van der Waals surface area contributed by atoms with E-state index in [2.05, 4.69) is 12.2 Å². The molecule has 1 aliphatic rings. The molecule has 1 rings (SSSR count). The molecular formula is C16H33NO6S. The first-order chi connectivity index (χ1) is 11.5. The third-order valence-electron chi connectivity index (χ3n) is 4.10. The number of thioether (sulfide) groups is 1. The number of rotatable bonds is 12. The molecule has 0 radical (unpaired) electrons. The molecule has 4 N–H and O–H groups in total. The van der Waals surface area contributed by atoms with Gasteiger partial charge in [-0.2, -0.15) is 11.8 Å². The first-order valence-corrected chi connectivity index (χ1v) is 9.74. The fourth-order valence-electron chi connectivity index (χ4n) is 2.82. The van der Waals surface area contributed by atoms with Crippen LogP contribution in [-0.4, -0.2) is 96.9 Å². The molecule has 0 aromatic carbocycles. The van der Waals surface area contributed by atoms with Crippen LogP contribution in [0.2, 0.25) is 0 Å². The van der Waals surface area contributed by atoms with Gasteiger partial charge < -0.3 is 34.8 Å². The van der Waals surface area contributed by atoms with Gasteiger partial charge in [0.25, 0.3) is 0 Å². The fraction of sp³-hybridized carbons (Fsp3) is 1.00. The summed E-state index contributed by atoms with van der Waals surface area (Å²) in [6, 6.07) is -0.381. The molecule has 8 heteroatoms. The van der Waals surface area contributed by atoms with E-state index in [1.807, 2.05) is 18.7 Å². The van der Waals surface area contributed by atoms with Gasteiger partial charge in [-0.1, -0.05) is 6.92 Å². The molecular weight excluding hydrogens is 334 g/mol. The number of ether oxygens (including phenoxy) is 3. The molecule has 1 saturated heterocycles. The lowest BCUT2D eigenvalue weighted by Crippen LogP contribution is -2.63. The highest BCUT2D eigenvalue weighted by Crippen LogP contribution is 2.22. The average Bonchev–Trinajstić information content (AvgIpc) is 2.57. The Labute approximate surface area is 149 Å². The predicted octanol–water partition coefficient (Wildman–Crippen LogP) is -0.379. The molecule has 1 heterocycles. The smallest absolute Gasteiger partial charge is 0.113 e. The molecule has 6 unspecified atom stereocenters. The maximum atomic E-state index is 10.4. The van der Waals surface area contributed by atoms with Gasteiger partial charge in [-0.15, -0.1) is 0 Å². The van der Waals surface area contributed by atoms with E-state index in [0.29, 0.717) is 13.2 Å². The molecule has 0 aromatic heterocycles. The highest BCUT2D eigenvalue weighted by molar-refractivity contribution is 7.99. The second-order valence-electron chi connectivity index (χ2n) is 5.97. The summed E-state index contributed by atoms with van der Waals surface area (Å²) >= 11 is 1.87. The third kappa shape index (κ3) is 7.13. The lowest BCUT2D eigenvalue weighted by Gasteiger charge is -2.43. The van der Waals surface area contributed by atoms with Gasteiger partial charge in [-0.05, 0) is 24.9 Å². The van der Waals surface area contributed by atoms with Crippen LogP contribution >= 0.6 is 11.8 Å². The molecule has 1 aliphatic heterocycles. The van der Waals surface area contributed by atoms with Crippen molar-refractivity contribution in [1.82, 2.24) is 5.32 Å². The second-order valence-corrected chi connectivity index (χ2v) is 7.36. The largest absolute Gasteiger partial charge is 0.394 e. The van der Waals surface area contributed by atoms with Gasteiger partial charge in [-0.25, -0.2) is 0 Å². The van der Waals surface area contributed by atoms with Crippen LogP contribution in [0.5, 0.6) is 0 Å². The van der Waals surface area contributed by atoms with Crippen molar-refractivity contribution in [3.8, 4) is 0 Å². The van der Waals surface area contributed by atoms with Crippen LogP contribution in [0.4, 0.5) is 0 Å². The SMILES string of the molecule is CCSCCCOCC(O)CNC1C(C)OC(CO)C(OC)C1O. The van der Waals surface area contributed by atoms with Gasteiger partial charge in [0.05, 0.1) is 31.5 Å². The van der Waals surface area contributed by atoms with Crippen LogP contribution in [0.1, 0.15) is 20.3 Å². The quantitative estimate of drug-likeness (QED) is 0.347. The van der Waals surface area contributed by atoms with Crippen molar-refractivity contribution >= 4 is 11.8 Å². The Morgan fingerprint density at radius 3 is 2.75 bits per heavy atom. The van der Waals surface area contributed by atoms with Crippen LogP contribution in [0.25, 0.3) is 0 Å².